The molecule has 0 aliphatic carbocycles. The molecule has 1 aliphatic rings. The fourth-order valence-electron chi connectivity index (χ4n) is 3.70. The van der Waals surface area contributed by atoms with Gasteiger partial charge in [-0.05, 0) is 35.2 Å². The minimum Gasteiger partial charge on any atom is -0.340 e. The van der Waals surface area contributed by atoms with E-state index in [0.29, 0.717) is 5.89 Å². The van der Waals surface area contributed by atoms with Crippen LogP contribution in [0.3, 0.4) is 0 Å². The first-order chi connectivity index (χ1) is 13.2. The molecule has 0 atom stereocenters. The van der Waals surface area contributed by atoms with Crippen LogP contribution in [0.2, 0.25) is 0 Å². The highest BCUT2D eigenvalue weighted by Gasteiger charge is 2.19. The lowest BCUT2D eigenvalue weighted by molar-refractivity contribution is 0.119. The molecule has 27 heavy (non-hydrogen) atoms. The zero-order valence-corrected chi connectivity index (χ0v) is 16.1. The molecule has 3 aromatic rings. The molecule has 0 radical (unpaired) electrons. The van der Waals surface area contributed by atoms with E-state index in [1.54, 1.807) is 0 Å². The molecule has 1 aliphatic heterocycles. The predicted molar refractivity (Wildman–Crippen MR) is 106 cm³/mol. The fraction of sp³-hybridized carbons (Fsp3) is 0.364. The topological polar surface area (TPSA) is 45.4 Å². The van der Waals surface area contributed by atoms with Crippen molar-refractivity contribution >= 4 is 0 Å². The van der Waals surface area contributed by atoms with Crippen LogP contribution in [-0.2, 0) is 13.1 Å². The molecule has 1 aromatic heterocycles. The van der Waals surface area contributed by atoms with Gasteiger partial charge in [0.05, 0.1) is 6.54 Å². The maximum Gasteiger partial charge on any atom is 0.223 e. The van der Waals surface area contributed by atoms with Gasteiger partial charge in [0.1, 0.15) is 0 Å². The van der Waals surface area contributed by atoms with Crippen molar-refractivity contribution in [3.05, 3.63) is 71.4 Å². The Kier molecular flexibility index (Phi) is 5.32. The zero-order valence-electron chi connectivity index (χ0n) is 16.1. The van der Waals surface area contributed by atoms with Crippen LogP contribution in [0.25, 0.3) is 11.1 Å². The van der Waals surface area contributed by atoms with Gasteiger partial charge < -0.3 is 4.52 Å². The molecule has 0 amide bonds. The molecule has 1 fully saturated rings. The zero-order chi connectivity index (χ0) is 18.6. The SMILES string of the molecule is Cc1nc(CN2CCN(Cc3cccc(-c4ccccc4C)c3)CC2)no1. The maximum atomic E-state index is 5.06. The third-order valence-electron chi connectivity index (χ3n) is 5.19. The van der Waals surface area contributed by atoms with Gasteiger partial charge in [0.15, 0.2) is 5.82 Å². The molecule has 5 heteroatoms. The van der Waals surface area contributed by atoms with E-state index in [9.17, 15) is 0 Å². The molecule has 0 saturated carbocycles. The Hall–Kier alpha value is -2.50. The minimum atomic E-state index is 0.636. The Morgan fingerprint density at radius 2 is 1.63 bits per heavy atom. The highest BCUT2D eigenvalue weighted by Crippen LogP contribution is 2.24. The molecular weight excluding hydrogens is 336 g/mol. The highest BCUT2D eigenvalue weighted by molar-refractivity contribution is 5.67. The van der Waals surface area contributed by atoms with E-state index >= 15 is 0 Å². The summed E-state index contributed by atoms with van der Waals surface area (Å²) >= 11 is 0. The van der Waals surface area contributed by atoms with Crippen molar-refractivity contribution in [1.82, 2.24) is 19.9 Å². The van der Waals surface area contributed by atoms with Crippen molar-refractivity contribution in [2.75, 3.05) is 26.2 Å². The van der Waals surface area contributed by atoms with E-state index in [1.807, 2.05) is 6.92 Å². The molecule has 4 rings (SSSR count). The molecule has 2 heterocycles. The first-order valence-electron chi connectivity index (χ1n) is 9.56. The van der Waals surface area contributed by atoms with Crippen LogP contribution in [0.4, 0.5) is 0 Å². The second-order valence-corrected chi connectivity index (χ2v) is 7.30. The third-order valence-corrected chi connectivity index (χ3v) is 5.19. The van der Waals surface area contributed by atoms with Gasteiger partial charge in [0.2, 0.25) is 5.89 Å². The van der Waals surface area contributed by atoms with Crippen molar-refractivity contribution < 1.29 is 4.52 Å². The molecule has 0 bridgehead atoms. The maximum absolute atomic E-state index is 5.06. The Labute approximate surface area is 160 Å². The summed E-state index contributed by atoms with van der Waals surface area (Å²) in [4.78, 5) is 9.22. The quantitative estimate of drug-likeness (QED) is 0.693. The van der Waals surface area contributed by atoms with Gasteiger partial charge in [0.25, 0.3) is 0 Å². The van der Waals surface area contributed by atoms with Gasteiger partial charge in [-0.15, -0.1) is 0 Å². The summed E-state index contributed by atoms with van der Waals surface area (Å²) in [6, 6.07) is 17.5. The Bertz CT molecular complexity index is 897. The van der Waals surface area contributed by atoms with Crippen LogP contribution in [0, 0.1) is 13.8 Å². The van der Waals surface area contributed by atoms with Crippen LogP contribution in [0.5, 0.6) is 0 Å². The average molecular weight is 362 g/mol. The summed E-state index contributed by atoms with van der Waals surface area (Å²) in [5.41, 5.74) is 5.31. The lowest BCUT2D eigenvalue weighted by Crippen LogP contribution is -2.45. The van der Waals surface area contributed by atoms with Crippen molar-refractivity contribution in [1.29, 1.82) is 0 Å². The van der Waals surface area contributed by atoms with Crippen molar-refractivity contribution in [2.24, 2.45) is 0 Å². The van der Waals surface area contributed by atoms with Gasteiger partial charge in [-0.25, -0.2) is 0 Å². The number of benzene rings is 2. The van der Waals surface area contributed by atoms with Crippen molar-refractivity contribution in [3.8, 4) is 11.1 Å². The summed E-state index contributed by atoms with van der Waals surface area (Å²) in [5.74, 6) is 1.42. The van der Waals surface area contributed by atoms with E-state index in [-0.39, 0.29) is 0 Å². The van der Waals surface area contributed by atoms with E-state index in [2.05, 4.69) is 75.4 Å². The lowest BCUT2D eigenvalue weighted by Gasteiger charge is -2.34. The minimum absolute atomic E-state index is 0.636. The molecule has 140 valence electrons. The molecule has 0 spiro atoms. The second kappa shape index (κ2) is 8.03. The molecule has 1 saturated heterocycles. The first-order valence-corrected chi connectivity index (χ1v) is 9.56. The summed E-state index contributed by atoms with van der Waals surface area (Å²) in [6.07, 6.45) is 0. The number of aryl methyl sites for hydroxylation is 2. The van der Waals surface area contributed by atoms with Gasteiger partial charge in [0, 0.05) is 39.6 Å². The summed E-state index contributed by atoms with van der Waals surface area (Å²) < 4.78 is 5.06. The number of aromatic nitrogens is 2. The van der Waals surface area contributed by atoms with Crippen LogP contribution < -0.4 is 0 Å². The number of hydrogen-bond acceptors (Lipinski definition) is 5. The van der Waals surface area contributed by atoms with Gasteiger partial charge >= 0.3 is 0 Å². The fourth-order valence-corrected chi connectivity index (χ4v) is 3.70. The van der Waals surface area contributed by atoms with Crippen LogP contribution in [0.1, 0.15) is 22.8 Å². The van der Waals surface area contributed by atoms with E-state index < -0.39 is 0 Å². The summed E-state index contributed by atoms with van der Waals surface area (Å²) in [5, 5.41) is 4.00. The van der Waals surface area contributed by atoms with E-state index in [0.717, 1.165) is 45.1 Å². The van der Waals surface area contributed by atoms with E-state index in [4.69, 9.17) is 4.52 Å². The summed E-state index contributed by atoms with van der Waals surface area (Å²) in [7, 11) is 0. The van der Waals surface area contributed by atoms with Gasteiger partial charge in [-0.2, -0.15) is 4.98 Å². The van der Waals surface area contributed by atoms with Crippen LogP contribution in [0.15, 0.2) is 53.1 Å². The van der Waals surface area contributed by atoms with Gasteiger partial charge in [-0.3, -0.25) is 9.80 Å². The Morgan fingerprint density at radius 1 is 0.889 bits per heavy atom. The Balaban J connectivity index is 1.35. The molecule has 2 aromatic carbocycles. The van der Waals surface area contributed by atoms with Gasteiger partial charge in [-0.1, -0.05) is 47.6 Å². The second-order valence-electron chi connectivity index (χ2n) is 7.30. The van der Waals surface area contributed by atoms with Crippen LogP contribution in [-0.4, -0.2) is 46.1 Å². The predicted octanol–water partition coefficient (Wildman–Crippen LogP) is 3.67. The van der Waals surface area contributed by atoms with E-state index in [1.165, 1.54) is 22.3 Å². The number of piperazine rings is 1. The normalized spacial score (nSPS) is 15.9. The number of hydrogen-bond donors (Lipinski definition) is 0. The molecule has 0 unspecified atom stereocenters. The molecule has 0 N–H and O–H groups in total. The van der Waals surface area contributed by atoms with Crippen molar-refractivity contribution in [2.45, 2.75) is 26.9 Å². The molecule has 5 nitrogen and oxygen atoms in total. The third kappa shape index (κ3) is 4.43. The monoisotopic (exact) mass is 362 g/mol. The average Bonchev–Trinajstić information content (AvgIpc) is 3.09. The standard InChI is InChI=1S/C22H26N4O/c1-17-6-3-4-9-21(17)20-8-5-7-19(14-20)15-25-10-12-26(13-11-25)16-22-23-18(2)27-24-22/h3-9,14H,10-13,15-16H2,1-2H3. The Morgan fingerprint density at radius 3 is 2.33 bits per heavy atom. The largest absolute Gasteiger partial charge is 0.340 e. The number of rotatable bonds is 5. The number of nitrogens with zero attached hydrogens (tertiary/aromatic N) is 4. The highest BCUT2D eigenvalue weighted by atomic mass is 16.5. The first kappa shape index (κ1) is 17.9. The smallest absolute Gasteiger partial charge is 0.223 e. The summed E-state index contributed by atoms with van der Waals surface area (Å²) in [6.45, 7) is 9.96. The van der Waals surface area contributed by atoms with Crippen molar-refractivity contribution in [3.63, 3.8) is 0 Å². The molecular formula is C22H26N4O. The van der Waals surface area contributed by atoms with Crippen LogP contribution >= 0.6 is 0 Å². The lowest BCUT2D eigenvalue weighted by atomic mass is 9.99.